The van der Waals surface area contributed by atoms with Gasteiger partial charge in [0.15, 0.2) is 0 Å². The van der Waals surface area contributed by atoms with E-state index in [1.165, 1.54) is 12.1 Å². The van der Waals surface area contributed by atoms with E-state index in [4.69, 9.17) is 11.6 Å². The van der Waals surface area contributed by atoms with Gasteiger partial charge < -0.3 is 16.3 Å². The SMILES string of the molecule is FC(F)(F)C(F)(F)Oc1cccc([P+]([CH-]Cl)(C2CCCC2)C2CCCC2)c1.[Pd]. The molecule has 0 bridgehead atoms. The Morgan fingerprint density at radius 3 is 1.86 bits per heavy atom. The maximum absolute atomic E-state index is 13.4. The summed E-state index contributed by atoms with van der Waals surface area (Å²) in [4.78, 5) is 0. The summed E-state index contributed by atoms with van der Waals surface area (Å²) in [5.41, 5.74) is 2.49. The van der Waals surface area contributed by atoms with Crippen LogP contribution in [0.3, 0.4) is 0 Å². The topological polar surface area (TPSA) is 9.23 Å². The second kappa shape index (κ2) is 9.46. The van der Waals surface area contributed by atoms with Gasteiger partial charge in [0.05, 0.1) is 5.30 Å². The van der Waals surface area contributed by atoms with E-state index in [9.17, 15) is 22.0 Å². The second-order valence-corrected chi connectivity index (χ2v) is 11.8. The zero-order chi connectivity index (χ0) is 19.7. The van der Waals surface area contributed by atoms with E-state index in [0.29, 0.717) is 11.3 Å². The molecule has 3 rings (SSSR count). The number of alkyl halides is 5. The molecular formula is C19H23ClF5OPPd. The summed E-state index contributed by atoms with van der Waals surface area (Å²) in [6.07, 6.45) is -2.47. The van der Waals surface area contributed by atoms with Crippen LogP contribution in [0.5, 0.6) is 5.75 Å². The number of halogens is 6. The normalized spacial score (nSPS) is 19.6. The summed E-state index contributed by atoms with van der Waals surface area (Å²) >= 11 is 6.43. The van der Waals surface area contributed by atoms with Gasteiger partial charge in [-0.1, -0.05) is 18.9 Å². The van der Waals surface area contributed by atoms with Gasteiger partial charge in [-0.25, -0.2) is 0 Å². The van der Waals surface area contributed by atoms with Crippen LogP contribution in [0.4, 0.5) is 22.0 Å². The van der Waals surface area contributed by atoms with Gasteiger partial charge in [0.1, 0.15) is 5.75 Å². The molecule has 0 radical (unpaired) electrons. The first-order chi connectivity index (χ1) is 12.7. The van der Waals surface area contributed by atoms with Crippen LogP contribution >= 0.6 is 18.9 Å². The molecule has 28 heavy (non-hydrogen) atoms. The van der Waals surface area contributed by atoms with Crippen molar-refractivity contribution in [3.8, 4) is 5.75 Å². The predicted octanol–water partition coefficient (Wildman–Crippen LogP) is 7.10. The van der Waals surface area contributed by atoms with Gasteiger partial charge in [-0.3, -0.25) is 0 Å². The van der Waals surface area contributed by atoms with Crippen molar-refractivity contribution in [3.63, 3.8) is 0 Å². The van der Waals surface area contributed by atoms with Gasteiger partial charge in [0.2, 0.25) is 0 Å². The molecule has 0 atom stereocenters. The molecule has 0 unspecified atom stereocenters. The number of benzene rings is 1. The predicted molar refractivity (Wildman–Crippen MR) is 99.3 cm³/mol. The Hall–Kier alpha value is 0.0523. The summed E-state index contributed by atoms with van der Waals surface area (Å²) in [5, 5.41) is 0.784. The number of hydrogen-bond donors (Lipinski definition) is 0. The molecule has 1 aromatic carbocycles. The number of hydrogen-bond acceptors (Lipinski definition) is 1. The Labute approximate surface area is 181 Å². The van der Waals surface area contributed by atoms with Crippen molar-refractivity contribution in [2.45, 2.75) is 75.0 Å². The van der Waals surface area contributed by atoms with Crippen LogP contribution in [0, 0.1) is 5.62 Å². The Morgan fingerprint density at radius 2 is 1.43 bits per heavy atom. The first-order valence-corrected chi connectivity index (χ1v) is 11.7. The molecule has 0 N–H and O–H groups in total. The quantitative estimate of drug-likeness (QED) is 0.164. The minimum absolute atomic E-state index is 0. The molecule has 162 valence electrons. The van der Waals surface area contributed by atoms with Gasteiger partial charge in [-0.2, -0.15) is 22.0 Å². The van der Waals surface area contributed by atoms with E-state index in [1.54, 1.807) is 5.62 Å². The maximum Gasteiger partial charge on any atom is 0.499 e. The molecule has 2 saturated carbocycles. The molecular weight excluding hydrogens is 512 g/mol. The zero-order valence-corrected chi connectivity index (χ0v) is 18.3. The van der Waals surface area contributed by atoms with Gasteiger partial charge in [0, 0.05) is 37.8 Å². The third kappa shape index (κ3) is 4.69. The Kier molecular flexibility index (Phi) is 8.22. The van der Waals surface area contributed by atoms with Gasteiger partial charge in [0.25, 0.3) is 0 Å². The average molecular weight is 535 g/mol. The largest absolute Gasteiger partial charge is 0.499 e. The van der Waals surface area contributed by atoms with Crippen LogP contribution < -0.4 is 10.0 Å². The molecule has 0 heterocycles. The Balaban J connectivity index is 0.00000280. The molecule has 0 aliphatic heterocycles. The Bertz CT molecular complexity index is 629. The van der Waals surface area contributed by atoms with Crippen molar-refractivity contribution in [2.24, 2.45) is 0 Å². The summed E-state index contributed by atoms with van der Waals surface area (Å²) in [6.45, 7) is 0. The van der Waals surface area contributed by atoms with Crippen molar-refractivity contribution in [1.29, 1.82) is 0 Å². The van der Waals surface area contributed by atoms with E-state index >= 15 is 0 Å². The molecule has 1 nitrogen and oxygen atoms in total. The first-order valence-electron chi connectivity index (χ1n) is 9.27. The van der Waals surface area contributed by atoms with Crippen LogP contribution in [0.15, 0.2) is 24.3 Å². The molecule has 0 saturated heterocycles. The minimum Gasteiger partial charge on any atom is -0.426 e. The Morgan fingerprint density at radius 1 is 0.929 bits per heavy atom. The first kappa shape index (κ1) is 24.3. The summed E-state index contributed by atoms with van der Waals surface area (Å²) in [7, 11) is -2.02. The second-order valence-electron chi connectivity index (χ2n) is 7.42. The average Bonchev–Trinajstić information content (AvgIpc) is 3.29. The van der Waals surface area contributed by atoms with Crippen molar-refractivity contribution >= 4 is 24.2 Å². The standard InChI is InChI=1S/C19H23ClF5OP.Pd/c20-13-27(15-7-1-2-8-15,16-9-3-4-10-16)17-11-5-6-14(12-17)26-19(24,25)18(21,22)23;/h5-6,11-13,15-16H,1-4,7-10H2;. The monoisotopic (exact) mass is 534 g/mol. The zero-order valence-electron chi connectivity index (χ0n) is 15.1. The molecule has 1 aromatic rings. The van der Waals surface area contributed by atoms with Crippen LogP contribution in [-0.2, 0) is 20.4 Å². The van der Waals surface area contributed by atoms with E-state index in [1.807, 2.05) is 6.07 Å². The van der Waals surface area contributed by atoms with Crippen molar-refractivity contribution in [2.75, 3.05) is 0 Å². The van der Waals surface area contributed by atoms with E-state index in [-0.39, 0.29) is 20.4 Å². The smallest absolute Gasteiger partial charge is 0.426 e. The van der Waals surface area contributed by atoms with Gasteiger partial charge in [-0.15, -0.1) is 0 Å². The van der Waals surface area contributed by atoms with Crippen LogP contribution in [0.1, 0.15) is 51.4 Å². The third-order valence-corrected chi connectivity index (χ3v) is 11.8. The summed E-state index contributed by atoms with van der Waals surface area (Å²) < 4.78 is 68.3. The van der Waals surface area contributed by atoms with E-state index in [2.05, 4.69) is 4.74 Å². The molecule has 2 fully saturated rings. The van der Waals surface area contributed by atoms with E-state index < -0.39 is 25.3 Å². The fraction of sp³-hybridized carbons (Fsp3) is 0.632. The van der Waals surface area contributed by atoms with Crippen molar-refractivity contribution in [3.05, 3.63) is 29.9 Å². The third-order valence-electron chi connectivity index (χ3n) is 5.86. The van der Waals surface area contributed by atoms with Crippen LogP contribution in [0.25, 0.3) is 0 Å². The molecule has 0 amide bonds. The van der Waals surface area contributed by atoms with Crippen LogP contribution in [-0.4, -0.2) is 23.6 Å². The maximum atomic E-state index is 13.4. The fourth-order valence-electron chi connectivity index (χ4n) is 4.59. The molecule has 0 aromatic heterocycles. The summed E-state index contributed by atoms with van der Waals surface area (Å²) in [5.74, 6) is -0.464. The van der Waals surface area contributed by atoms with E-state index in [0.717, 1.165) is 62.7 Å². The molecule has 2 aliphatic rings. The number of ether oxygens (including phenoxy) is 1. The summed E-state index contributed by atoms with van der Waals surface area (Å²) in [6, 6.07) is 5.83. The van der Waals surface area contributed by atoms with Gasteiger partial charge in [-0.05, 0) is 63.5 Å². The molecule has 9 heteroatoms. The number of rotatable bonds is 6. The molecule has 0 spiro atoms. The minimum atomic E-state index is -5.76. The fourth-order valence-corrected chi connectivity index (χ4v) is 10.9. The van der Waals surface area contributed by atoms with Gasteiger partial charge >= 0.3 is 12.3 Å². The van der Waals surface area contributed by atoms with Crippen molar-refractivity contribution < 1.29 is 47.1 Å². The van der Waals surface area contributed by atoms with Crippen LogP contribution in [0.2, 0.25) is 0 Å². The molecule has 2 aliphatic carbocycles. The van der Waals surface area contributed by atoms with Crippen molar-refractivity contribution in [1.82, 2.24) is 0 Å².